The molecule has 24 heavy (non-hydrogen) atoms. The van der Waals surface area contributed by atoms with Gasteiger partial charge in [0.25, 0.3) is 0 Å². The summed E-state index contributed by atoms with van der Waals surface area (Å²) in [5.41, 5.74) is -0.132. The van der Waals surface area contributed by atoms with Gasteiger partial charge in [0.1, 0.15) is 17.0 Å². The molecule has 0 bridgehead atoms. The van der Waals surface area contributed by atoms with Crippen LogP contribution in [0.1, 0.15) is 31.7 Å². The number of hydrogen-bond donors (Lipinski definition) is 2. The Morgan fingerprint density at radius 3 is 2.50 bits per heavy atom. The molecule has 0 spiro atoms. The first kappa shape index (κ1) is 18.3. The molecule has 1 aromatic rings. The Balaban J connectivity index is 2.35. The number of methoxy groups -OCH3 is 1. The SMILES string of the molecule is COc1ccc(C2SC[C@@H](C(=O)O)N2C(=O)OC(C)(C)C)cc1O. The van der Waals surface area contributed by atoms with E-state index in [4.69, 9.17) is 9.47 Å². The first-order valence-electron chi connectivity index (χ1n) is 7.36. The number of amides is 1. The molecule has 1 heterocycles. The molecule has 132 valence electrons. The number of phenols is 1. The summed E-state index contributed by atoms with van der Waals surface area (Å²) >= 11 is 1.31. The van der Waals surface area contributed by atoms with Crippen molar-refractivity contribution in [1.82, 2.24) is 4.90 Å². The van der Waals surface area contributed by atoms with Gasteiger partial charge in [-0.15, -0.1) is 11.8 Å². The van der Waals surface area contributed by atoms with E-state index in [1.165, 1.54) is 29.8 Å². The van der Waals surface area contributed by atoms with E-state index in [-0.39, 0.29) is 11.5 Å². The lowest BCUT2D eigenvalue weighted by Crippen LogP contribution is -2.45. The number of hydrogen-bond acceptors (Lipinski definition) is 6. The first-order chi connectivity index (χ1) is 11.1. The van der Waals surface area contributed by atoms with E-state index in [0.29, 0.717) is 11.3 Å². The van der Waals surface area contributed by atoms with Crippen molar-refractivity contribution >= 4 is 23.8 Å². The van der Waals surface area contributed by atoms with Crippen molar-refractivity contribution in [2.24, 2.45) is 0 Å². The standard InChI is InChI=1S/C16H21NO6S/c1-16(2,3)23-15(21)17-10(14(19)20)8-24-13(17)9-5-6-12(22-4)11(18)7-9/h5-7,10,13,18H,8H2,1-4H3,(H,19,20)/t10-,13?/m0/s1. The van der Waals surface area contributed by atoms with Crippen molar-refractivity contribution in [1.29, 1.82) is 0 Å². The third kappa shape index (κ3) is 3.87. The summed E-state index contributed by atoms with van der Waals surface area (Å²) in [4.78, 5) is 25.2. The third-order valence-electron chi connectivity index (χ3n) is 3.38. The van der Waals surface area contributed by atoms with Gasteiger partial charge in [0.05, 0.1) is 7.11 Å². The molecule has 1 aromatic carbocycles. The summed E-state index contributed by atoms with van der Waals surface area (Å²) in [5.74, 6) is -0.612. The Bertz CT molecular complexity index is 642. The first-order valence-corrected chi connectivity index (χ1v) is 8.41. The van der Waals surface area contributed by atoms with Crippen molar-refractivity contribution < 1.29 is 29.3 Å². The fraction of sp³-hybridized carbons (Fsp3) is 0.500. The second kappa shape index (κ2) is 6.80. The third-order valence-corrected chi connectivity index (χ3v) is 4.70. The van der Waals surface area contributed by atoms with Gasteiger partial charge in [-0.3, -0.25) is 4.90 Å². The molecule has 2 atom stereocenters. The number of phenolic OH excluding ortho intramolecular Hbond substituents is 1. The summed E-state index contributed by atoms with van der Waals surface area (Å²) in [6.45, 7) is 5.16. The molecule has 8 heteroatoms. The van der Waals surface area contributed by atoms with Gasteiger partial charge < -0.3 is 19.7 Å². The van der Waals surface area contributed by atoms with E-state index in [1.54, 1.807) is 32.9 Å². The largest absolute Gasteiger partial charge is 0.504 e. The minimum atomic E-state index is -1.09. The van der Waals surface area contributed by atoms with E-state index in [2.05, 4.69) is 0 Å². The number of aromatic hydroxyl groups is 1. The summed E-state index contributed by atoms with van der Waals surface area (Å²) in [5, 5.41) is 18.8. The second-order valence-corrected chi connectivity index (χ2v) is 7.47. The fourth-order valence-corrected chi connectivity index (χ4v) is 3.75. The van der Waals surface area contributed by atoms with Crippen molar-refractivity contribution in [2.45, 2.75) is 37.8 Å². The molecule has 7 nitrogen and oxygen atoms in total. The molecule has 0 saturated carbocycles. The maximum Gasteiger partial charge on any atom is 0.412 e. The molecule has 1 amide bonds. The molecule has 1 fully saturated rings. The molecule has 0 aliphatic carbocycles. The van der Waals surface area contributed by atoms with Crippen LogP contribution in [0.4, 0.5) is 4.79 Å². The molecule has 1 aliphatic heterocycles. The summed E-state index contributed by atoms with van der Waals surface area (Å²) in [7, 11) is 1.44. The number of nitrogens with zero attached hydrogens (tertiary/aromatic N) is 1. The molecule has 0 aromatic heterocycles. The second-order valence-electron chi connectivity index (χ2n) is 6.36. The highest BCUT2D eigenvalue weighted by Gasteiger charge is 2.44. The highest BCUT2D eigenvalue weighted by molar-refractivity contribution is 7.99. The maximum atomic E-state index is 12.5. The zero-order valence-electron chi connectivity index (χ0n) is 14.0. The van der Waals surface area contributed by atoms with Gasteiger partial charge in [0.15, 0.2) is 11.5 Å². The van der Waals surface area contributed by atoms with Gasteiger partial charge >= 0.3 is 12.1 Å². The smallest absolute Gasteiger partial charge is 0.412 e. The van der Waals surface area contributed by atoms with Gasteiger partial charge in [-0.2, -0.15) is 0 Å². The molecule has 0 radical (unpaired) electrons. The fourth-order valence-electron chi connectivity index (χ4n) is 2.35. The van der Waals surface area contributed by atoms with E-state index >= 15 is 0 Å². The van der Waals surface area contributed by atoms with Crippen LogP contribution in [0.25, 0.3) is 0 Å². The Morgan fingerprint density at radius 2 is 2.00 bits per heavy atom. The van der Waals surface area contributed by atoms with Crippen LogP contribution in [-0.4, -0.2) is 51.7 Å². The zero-order chi connectivity index (χ0) is 18.1. The molecule has 1 unspecified atom stereocenters. The molecular weight excluding hydrogens is 334 g/mol. The molecular formula is C16H21NO6S. The number of carboxylic acid groups (broad SMARTS) is 1. The number of carbonyl (C=O) groups excluding carboxylic acids is 1. The van der Waals surface area contributed by atoms with Gasteiger partial charge in [0.2, 0.25) is 0 Å². The lowest BCUT2D eigenvalue weighted by molar-refractivity contribution is -0.142. The van der Waals surface area contributed by atoms with Gasteiger partial charge in [-0.05, 0) is 38.5 Å². The van der Waals surface area contributed by atoms with Crippen molar-refractivity contribution in [3.05, 3.63) is 23.8 Å². The van der Waals surface area contributed by atoms with Crippen LogP contribution in [-0.2, 0) is 9.53 Å². The summed E-state index contributed by atoms with van der Waals surface area (Å²) in [6.07, 6.45) is -0.694. The normalized spacial score (nSPS) is 20.8. The van der Waals surface area contributed by atoms with Gasteiger partial charge in [-0.25, -0.2) is 9.59 Å². The minimum absolute atomic E-state index is 0.0708. The van der Waals surface area contributed by atoms with Crippen LogP contribution < -0.4 is 4.74 Å². The topological polar surface area (TPSA) is 96.3 Å². The monoisotopic (exact) mass is 355 g/mol. The minimum Gasteiger partial charge on any atom is -0.504 e. The Morgan fingerprint density at radius 1 is 1.33 bits per heavy atom. The van der Waals surface area contributed by atoms with Crippen molar-refractivity contribution in [3.8, 4) is 11.5 Å². The van der Waals surface area contributed by atoms with Crippen molar-refractivity contribution in [3.63, 3.8) is 0 Å². The lowest BCUT2D eigenvalue weighted by Gasteiger charge is -2.30. The zero-order valence-corrected chi connectivity index (χ0v) is 14.8. The van der Waals surface area contributed by atoms with E-state index in [0.717, 1.165) is 0 Å². The Kier molecular flexibility index (Phi) is 5.17. The van der Waals surface area contributed by atoms with Crippen molar-refractivity contribution in [2.75, 3.05) is 12.9 Å². The average molecular weight is 355 g/mol. The van der Waals surface area contributed by atoms with Crippen LogP contribution >= 0.6 is 11.8 Å². The van der Waals surface area contributed by atoms with Crippen LogP contribution in [0.5, 0.6) is 11.5 Å². The van der Waals surface area contributed by atoms with Crippen LogP contribution in [0, 0.1) is 0 Å². The predicted molar refractivity (Wildman–Crippen MR) is 89.4 cm³/mol. The lowest BCUT2D eigenvalue weighted by atomic mass is 10.1. The molecule has 1 aliphatic rings. The molecule has 1 saturated heterocycles. The maximum absolute atomic E-state index is 12.5. The number of carbonyl (C=O) groups is 2. The highest BCUT2D eigenvalue weighted by atomic mass is 32.2. The molecule has 2 N–H and O–H groups in total. The highest BCUT2D eigenvalue weighted by Crippen LogP contribution is 2.44. The number of carboxylic acids is 1. The van der Waals surface area contributed by atoms with E-state index in [1.807, 2.05) is 0 Å². The van der Waals surface area contributed by atoms with Gasteiger partial charge in [0, 0.05) is 5.75 Å². The number of benzene rings is 1. The van der Waals surface area contributed by atoms with Crippen LogP contribution in [0.3, 0.4) is 0 Å². The van der Waals surface area contributed by atoms with Gasteiger partial charge in [-0.1, -0.05) is 6.07 Å². The number of rotatable bonds is 3. The quantitative estimate of drug-likeness (QED) is 0.860. The Labute approximate surface area is 144 Å². The van der Waals surface area contributed by atoms with E-state index < -0.39 is 29.1 Å². The van der Waals surface area contributed by atoms with E-state index in [9.17, 15) is 19.8 Å². The number of thioether (sulfide) groups is 1. The summed E-state index contributed by atoms with van der Waals surface area (Å²) in [6, 6.07) is 3.75. The average Bonchev–Trinajstić information content (AvgIpc) is 2.90. The number of aliphatic carboxylic acids is 1. The Hall–Kier alpha value is -2.09. The summed E-state index contributed by atoms with van der Waals surface area (Å²) < 4.78 is 10.4. The predicted octanol–water partition coefficient (Wildman–Crippen LogP) is 2.84. The van der Waals surface area contributed by atoms with Crippen LogP contribution in [0.2, 0.25) is 0 Å². The van der Waals surface area contributed by atoms with Crippen LogP contribution in [0.15, 0.2) is 18.2 Å². The number of ether oxygens (including phenoxy) is 2. The molecule has 2 rings (SSSR count).